The predicted octanol–water partition coefficient (Wildman–Crippen LogP) is 5.26. The van der Waals surface area contributed by atoms with Gasteiger partial charge >= 0.3 is 0 Å². The van der Waals surface area contributed by atoms with E-state index in [4.69, 9.17) is 17.0 Å². The molecule has 0 saturated carbocycles. The molecule has 33 heavy (non-hydrogen) atoms. The van der Waals surface area contributed by atoms with Gasteiger partial charge in [-0.15, -0.1) is 0 Å². The summed E-state index contributed by atoms with van der Waals surface area (Å²) in [7, 11) is 0. The van der Waals surface area contributed by atoms with E-state index in [1.807, 2.05) is 79.7 Å². The lowest BCUT2D eigenvalue weighted by Crippen LogP contribution is -2.54. The number of thiocarbonyl (C=S) groups is 1. The van der Waals surface area contributed by atoms with Gasteiger partial charge in [-0.1, -0.05) is 49.4 Å². The second-order valence-corrected chi connectivity index (χ2v) is 9.06. The molecule has 1 heterocycles. The van der Waals surface area contributed by atoms with Crippen molar-refractivity contribution in [3.05, 3.63) is 98.6 Å². The maximum absolute atomic E-state index is 13.3. The Balaban J connectivity index is 1.53. The highest BCUT2D eigenvalue weighted by atomic mass is 127. The number of para-hydroxylation sites is 1. The number of carbonyl (C=O) groups excluding carboxylic acids is 2. The molecule has 0 atom stereocenters. The number of hydrogen-bond donors (Lipinski definition) is 1. The molecule has 0 spiro atoms. The van der Waals surface area contributed by atoms with Crippen LogP contribution in [0.15, 0.2) is 78.4 Å². The summed E-state index contributed by atoms with van der Waals surface area (Å²) in [5.74, 6) is -0.243. The highest BCUT2D eigenvalue weighted by Gasteiger charge is 2.35. The van der Waals surface area contributed by atoms with Crippen LogP contribution < -0.4 is 15.0 Å². The molecular weight excluding hydrogens is 547 g/mol. The molecule has 7 heteroatoms. The fraction of sp³-hybridized carbons (Fsp3) is 0.115. The Bertz CT molecular complexity index is 1240. The number of rotatable bonds is 6. The first kappa shape index (κ1) is 23.1. The average molecular weight is 568 g/mol. The van der Waals surface area contributed by atoms with Gasteiger partial charge < -0.3 is 4.74 Å². The molecule has 4 rings (SSSR count). The fourth-order valence-corrected chi connectivity index (χ4v) is 4.11. The number of anilines is 1. The molecule has 2 amide bonds. The third-order valence-corrected chi connectivity index (χ3v) is 6.23. The average Bonchev–Trinajstić information content (AvgIpc) is 2.82. The predicted molar refractivity (Wildman–Crippen MR) is 142 cm³/mol. The standard InChI is InChI=1S/C26H21IN2O3S/c1-2-19-5-3-4-6-23(19)29-25(31)22(24(30)28-26(29)33)15-17-9-13-21(14-10-17)32-16-18-7-11-20(27)12-8-18/h3-15H,2,16H2,1H3,(H,28,30,33)/b22-15+. The highest BCUT2D eigenvalue weighted by Crippen LogP contribution is 2.26. The number of carbonyl (C=O) groups is 2. The molecule has 0 aromatic heterocycles. The van der Waals surface area contributed by atoms with Gasteiger partial charge in [0.25, 0.3) is 11.8 Å². The van der Waals surface area contributed by atoms with Crippen LogP contribution in [0.2, 0.25) is 0 Å². The number of ether oxygens (including phenoxy) is 1. The Morgan fingerprint density at radius 3 is 2.39 bits per heavy atom. The number of nitrogens with zero attached hydrogens (tertiary/aromatic N) is 1. The van der Waals surface area contributed by atoms with E-state index in [9.17, 15) is 9.59 Å². The number of benzene rings is 3. The van der Waals surface area contributed by atoms with E-state index in [-0.39, 0.29) is 10.7 Å². The van der Waals surface area contributed by atoms with Crippen molar-refractivity contribution in [3.8, 4) is 5.75 Å². The van der Waals surface area contributed by atoms with Crippen molar-refractivity contribution in [1.82, 2.24) is 5.32 Å². The summed E-state index contributed by atoms with van der Waals surface area (Å²) in [6.07, 6.45) is 2.31. The molecule has 166 valence electrons. The molecule has 1 aliphatic rings. The second-order valence-electron chi connectivity index (χ2n) is 7.42. The van der Waals surface area contributed by atoms with Crippen molar-refractivity contribution < 1.29 is 14.3 Å². The zero-order valence-corrected chi connectivity index (χ0v) is 20.9. The van der Waals surface area contributed by atoms with E-state index in [0.717, 1.165) is 17.5 Å². The zero-order chi connectivity index (χ0) is 23.4. The van der Waals surface area contributed by atoms with E-state index in [0.29, 0.717) is 23.6 Å². The Morgan fingerprint density at radius 2 is 1.70 bits per heavy atom. The van der Waals surface area contributed by atoms with Crippen molar-refractivity contribution in [1.29, 1.82) is 0 Å². The number of hydrogen-bond acceptors (Lipinski definition) is 4. The first-order valence-electron chi connectivity index (χ1n) is 10.4. The minimum Gasteiger partial charge on any atom is -0.489 e. The molecule has 1 fully saturated rings. The van der Waals surface area contributed by atoms with Gasteiger partial charge in [-0.05, 0) is 94.3 Å². The summed E-state index contributed by atoms with van der Waals surface area (Å²) in [5.41, 5.74) is 3.47. The quantitative estimate of drug-likeness (QED) is 0.191. The lowest BCUT2D eigenvalue weighted by Gasteiger charge is -2.30. The summed E-state index contributed by atoms with van der Waals surface area (Å²) >= 11 is 7.58. The fourth-order valence-electron chi connectivity index (χ4n) is 3.48. The van der Waals surface area contributed by atoms with Crippen LogP contribution >= 0.6 is 34.8 Å². The van der Waals surface area contributed by atoms with Gasteiger partial charge in [-0.3, -0.25) is 19.8 Å². The van der Waals surface area contributed by atoms with Crippen molar-refractivity contribution in [2.45, 2.75) is 20.0 Å². The van der Waals surface area contributed by atoms with Crippen molar-refractivity contribution in [2.75, 3.05) is 4.90 Å². The number of halogens is 1. The van der Waals surface area contributed by atoms with Crippen LogP contribution in [-0.2, 0) is 22.6 Å². The van der Waals surface area contributed by atoms with E-state index in [2.05, 4.69) is 27.9 Å². The van der Waals surface area contributed by atoms with Crippen LogP contribution in [0.1, 0.15) is 23.6 Å². The van der Waals surface area contributed by atoms with Gasteiger partial charge in [0.05, 0.1) is 5.69 Å². The van der Waals surface area contributed by atoms with Gasteiger partial charge in [0, 0.05) is 3.57 Å². The van der Waals surface area contributed by atoms with Crippen molar-refractivity contribution >= 4 is 63.5 Å². The number of aryl methyl sites for hydroxylation is 1. The molecule has 3 aromatic rings. The van der Waals surface area contributed by atoms with E-state index >= 15 is 0 Å². The van der Waals surface area contributed by atoms with E-state index in [1.165, 1.54) is 8.47 Å². The Labute approximate surface area is 211 Å². The Morgan fingerprint density at radius 1 is 1.00 bits per heavy atom. The number of nitrogens with one attached hydrogen (secondary N) is 1. The molecule has 5 nitrogen and oxygen atoms in total. The summed E-state index contributed by atoms with van der Waals surface area (Å²) in [6.45, 7) is 2.47. The van der Waals surface area contributed by atoms with E-state index in [1.54, 1.807) is 6.08 Å². The van der Waals surface area contributed by atoms with Crippen LogP contribution in [0.5, 0.6) is 5.75 Å². The van der Waals surface area contributed by atoms with Crippen molar-refractivity contribution in [3.63, 3.8) is 0 Å². The third-order valence-electron chi connectivity index (χ3n) is 5.22. The third kappa shape index (κ3) is 5.31. The van der Waals surface area contributed by atoms with Gasteiger partial charge in [-0.2, -0.15) is 0 Å². The topological polar surface area (TPSA) is 58.6 Å². The van der Waals surface area contributed by atoms with Crippen LogP contribution in [0.25, 0.3) is 6.08 Å². The molecule has 0 radical (unpaired) electrons. The summed E-state index contributed by atoms with van der Waals surface area (Å²) in [5, 5.41) is 2.72. The monoisotopic (exact) mass is 568 g/mol. The molecule has 1 N–H and O–H groups in total. The smallest absolute Gasteiger partial charge is 0.270 e. The molecule has 3 aromatic carbocycles. The van der Waals surface area contributed by atoms with Crippen LogP contribution in [0.4, 0.5) is 5.69 Å². The Hall–Kier alpha value is -3.04. The lowest BCUT2D eigenvalue weighted by atomic mass is 10.0. The van der Waals surface area contributed by atoms with Crippen LogP contribution in [0, 0.1) is 3.57 Å². The minimum atomic E-state index is -0.505. The zero-order valence-electron chi connectivity index (χ0n) is 17.9. The molecule has 1 aliphatic heterocycles. The van der Waals surface area contributed by atoms with Gasteiger partial charge in [0.15, 0.2) is 5.11 Å². The maximum atomic E-state index is 13.3. The first-order valence-corrected chi connectivity index (χ1v) is 11.9. The molecular formula is C26H21IN2O3S. The molecule has 0 bridgehead atoms. The SMILES string of the molecule is CCc1ccccc1N1C(=O)/C(=C/c2ccc(OCc3ccc(I)cc3)cc2)C(=O)NC1=S. The first-order chi connectivity index (χ1) is 16.0. The largest absolute Gasteiger partial charge is 0.489 e. The van der Waals surface area contributed by atoms with Crippen LogP contribution in [-0.4, -0.2) is 16.9 Å². The molecule has 1 saturated heterocycles. The minimum absolute atomic E-state index is 0.0297. The van der Waals surface area contributed by atoms with Gasteiger partial charge in [0.2, 0.25) is 0 Å². The summed E-state index contributed by atoms with van der Waals surface area (Å²) in [4.78, 5) is 27.2. The summed E-state index contributed by atoms with van der Waals surface area (Å²) in [6, 6.07) is 22.9. The van der Waals surface area contributed by atoms with Crippen LogP contribution in [0.3, 0.4) is 0 Å². The van der Waals surface area contributed by atoms with Crippen molar-refractivity contribution in [2.24, 2.45) is 0 Å². The summed E-state index contributed by atoms with van der Waals surface area (Å²) < 4.78 is 7.01. The number of amides is 2. The normalized spacial score (nSPS) is 15.0. The lowest BCUT2D eigenvalue weighted by molar-refractivity contribution is -0.122. The highest BCUT2D eigenvalue weighted by molar-refractivity contribution is 14.1. The Kier molecular flexibility index (Phi) is 7.20. The van der Waals surface area contributed by atoms with E-state index < -0.39 is 11.8 Å². The molecule has 0 aliphatic carbocycles. The van der Waals surface area contributed by atoms with Gasteiger partial charge in [-0.25, -0.2) is 0 Å². The maximum Gasteiger partial charge on any atom is 0.270 e. The van der Waals surface area contributed by atoms with Gasteiger partial charge in [0.1, 0.15) is 17.9 Å². The second kappa shape index (κ2) is 10.3. The molecule has 0 unspecified atom stereocenters.